The summed E-state index contributed by atoms with van der Waals surface area (Å²) < 4.78 is 11.7. The van der Waals surface area contributed by atoms with Gasteiger partial charge in [-0.3, -0.25) is 4.79 Å². The summed E-state index contributed by atoms with van der Waals surface area (Å²) in [4.78, 5) is 10.9. The topological polar surface area (TPSA) is 35.5 Å². The van der Waals surface area contributed by atoms with Crippen molar-refractivity contribution in [2.45, 2.75) is 20.3 Å². The Morgan fingerprint density at radius 2 is 1.76 bits per heavy atom. The molecule has 1 aromatic rings. The molecule has 1 aromatic carbocycles. The van der Waals surface area contributed by atoms with Crippen LogP contribution < -0.4 is 9.47 Å². The van der Waals surface area contributed by atoms with Crippen LogP contribution >= 0.6 is 27.5 Å². The summed E-state index contributed by atoms with van der Waals surface area (Å²) >= 11 is 8.77. The average molecular weight is 322 g/mol. The van der Waals surface area contributed by atoms with Crippen molar-refractivity contribution in [2.75, 3.05) is 13.2 Å². The highest BCUT2D eigenvalue weighted by atomic mass is 79.9. The molecule has 94 valence electrons. The van der Waals surface area contributed by atoms with E-state index in [1.54, 1.807) is 12.1 Å². The predicted octanol–water partition coefficient (Wildman–Crippen LogP) is 3.55. The van der Waals surface area contributed by atoms with E-state index >= 15 is 0 Å². The maximum atomic E-state index is 10.9. The third kappa shape index (κ3) is 4.21. The largest absolute Gasteiger partial charge is 0.490 e. The molecule has 0 saturated carbocycles. The minimum absolute atomic E-state index is 0.161. The standard InChI is InChI=1S/C12H14BrClO3/c1-3-16-10-5-8(6-12(14)15)9(13)7-11(10)17-4-2/h5,7H,3-4,6H2,1-2H3. The summed E-state index contributed by atoms with van der Waals surface area (Å²) in [5.41, 5.74) is 0.789. The minimum atomic E-state index is -0.405. The predicted molar refractivity (Wildman–Crippen MR) is 71.0 cm³/mol. The van der Waals surface area contributed by atoms with E-state index in [4.69, 9.17) is 21.1 Å². The zero-order chi connectivity index (χ0) is 12.8. The Balaban J connectivity index is 3.09. The number of halogens is 2. The van der Waals surface area contributed by atoms with Gasteiger partial charge in [-0.25, -0.2) is 0 Å². The molecule has 5 heteroatoms. The Morgan fingerprint density at radius 3 is 2.24 bits per heavy atom. The second kappa shape index (κ2) is 6.87. The molecule has 0 aliphatic heterocycles. The zero-order valence-corrected chi connectivity index (χ0v) is 12.1. The number of benzene rings is 1. The summed E-state index contributed by atoms with van der Waals surface area (Å²) in [5, 5.41) is -0.405. The summed E-state index contributed by atoms with van der Waals surface area (Å²) in [6, 6.07) is 3.57. The van der Waals surface area contributed by atoms with Crippen LogP contribution in [0, 0.1) is 0 Å². The molecule has 0 bridgehead atoms. The highest BCUT2D eigenvalue weighted by Gasteiger charge is 2.12. The molecule has 0 spiro atoms. The summed E-state index contributed by atoms with van der Waals surface area (Å²) in [6.45, 7) is 4.89. The van der Waals surface area contributed by atoms with E-state index in [9.17, 15) is 4.79 Å². The lowest BCUT2D eigenvalue weighted by Gasteiger charge is -2.13. The summed E-state index contributed by atoms with van der Waals surface area (Å²) in [7, 11) is 0. The van der Waals surface area contributed by atoms with Crippen molar-refractivity contribution in [1.29, 1.82) is 0 Å². The minimum Gasteiger partial charge on any atom is -0.490 e. The van der Waals surface area contributed by atoms with Crippen LogP contribution in [0.15, 0.2) is 16.6 Å². The van der Waals surface area contributed by atoms with Gasteiger partial charge in [0, 0.05) is 10.9 Å². The molecule has 0 N–H and O–H groups in total. The number of hydrogen-bond acceptors (Lipinski definition) is 3. The molecule has 17 heavy (non-hydrogen) atoms. The molecule has 0 unspecified atom stereocenters. The Labute approximate surface area is 114 Å². The van der Waals surface area contributed by atoms with E-state index in [1.807, 2.05) is 13.8 Å². The molecule has 0 aliphatic rings. The van der Waals surface area contributed by atoms with Gasteiger partial charge in [-0.2, -0.15) is 0 Å². The molecular weight excluding hydrogens is 307 g/mol. The van der Waals surface area contributed by atoms with Crippen LogP contribution in [0.1, 0.15) is 19.4 Å². The Morgan fingerprint density at radius 1 is 1.24 bits per heavy atom. The number of carbonyl (C=O) groups excluding carboxylic acids is 1. The van der Waals surface area contributed by atoms with Gasteiger partial charge in [0.1, 0.15) is 0 Å². The monoisotopic (exact) mass is 320 g/mol. The number of ether oxygens (including phenoxy) is 2. The van der Waals surface area contributed by atoms with E-state index < -0.39 is 5.24 Å². The zero-order valence-electron chi connectivity index (χ0n) is 9.76. The van der Waals surface area contributed by atoms with Crippen molar-refractivity contribution in [3.05, 3.63) is 22.2 Å². The quantitative estimate of drug-likeness (QED) is 0.752. The van der Waals surface area contributed by atoms with E-state index in [-0.39, 0.29) is 6.42 Å². The lowest BCUT2D eigenvalue weighted by atomic mass is 10.1. The first-order chi connectivity index (χ1) is 8.08. The molecule has 0 fully saturated rings. The highest BCUT2D eigenvalue weighted by molar-refractivity contribution is 9.10. The number of hydrogen-bond donors (Lipinski definition) is 0. The van der Waals surface area contributed by atoms with Gasteiger partial charge in [-0.05, 0) is 43.1 Å². The van der Waals surface area contributed by atoms with Crippen LogP contribution in [-0.2, 0) is 11.2 Å². The molecule has 0 aliphatic carbocycles. The molecule has 0 radical (unpaired) electrons. The lowest BCUT2D eigenvalue weighted by molar-refractivity contribution is -0.111. The fourth-order valence-corrected chi connectivity index (χ4v) is 2.01. The Bertz CT molecular complexity index is 407. The fraction of sp³-hybridized carbons (Fsp3) is 0.417. The maximum absolute atomic E-state index is 10.9. The molecule has 0 amide bonds. The van der Waals surface area contributed by atoms with Gasteiger partial charge in [0.15, 0.2) is 11.5 Å². The first kappa shape index (κ1) is 14.3. The van der Waals surface area contributed by atoms with Crippen LogP contribution in [0.2, 0.25) is 0 Å². The SMILES string of the molecule is CCOc1cc(Br)c(CC(=O)Cl)cc1OCC. The smallest absolute Gasteiger partial charge is 0.226 e. The van der Waals surface area contributed by atoms with Crippen LogP contribution in [0.3, 0.4) is 0 Å². The molecule has 1 rings (SSSR count). The maximum Gasteiger partial charge on any atom is 0.226 e. The van der Waals surface area contributed by atoms with Crippen LogP contribution in [0.5, 0.6) is 11.5 Å². The van der Waals surface area contributed by atoms with E-state index in [2.05, 4.69) is 15.9 Å². The number of carbonyl (C=O) groups is 1. The van der Waals surface area contributed by atoms with Gasteiger partial charge < -0.3 is 9.47 Å². The van der Waals surface area contributed by atoms with Gasteiger partial charge in [-0.15, -0.1) is 0 Å². The van der Waals surface area contributed by atoms with E-state index in [0.717, 1.165) is 10.0 Å². The first-order valence-corrected chi connectivity index (χ1v) is 6.51. The van der Waals surface area contributed by atoms with Gasteiger partial charge >= 0.3 is 0 Å². The van der Waals surface area contributed by atoms with Gasteiger partial charge in [0.25, 0.3) is 0 Å². The normalized spacial score (nSPS) is 10.1. The molecule has 0 saturated heterocycles. The average Bonchev–Trinajstić information content (AvgIpc) is 2.24. The van der Waals surface area contributed by atoms with Gasteiger partial charge in [-0.1, -0.05) is 15.9 Å². The summed E-state index contributed by atoms with van der Waals surface area (Å²) in [6.07, 6.45) is 0.161. The van der Waals surface area contributed by atoms with Crippen molar-refractivity contribution in [3.63, 3.8) is 0 Å². The molecule has 0 heterocycles. The molecule has 3 nitrogen and oxygen atoms in total. The fourth-order valence-electron chi connectivity index (χ4n) is 1.40. The van der Waals surface area contributed by atoms with Crippen LogP contribution in [-0.4, -0.2) is 18.5 Å². The Kier molecular flexibility index (Phi) is 5.78. The first-order valence-electron chi connectivity index (χ1n) is 5.34. The van der Waals surface area contributed by atoms with Crippen LogP contribution in [0.25, 0.3) is 0 Å². The van der Waals surface area contributed by atoms with Gasteiger partial charge in [0.2, 0.25) is 5.24 Å². The third-order valence-electron chi connectivity index (χ3n) is 2.04. The van der Waals surface area contributed by atoms with Gasteiger partial charge in [0.05, 0.1) is 13.2 Å². The van der Waals surface area contributed by atoms with Crippen molar-refractivity contribution >= 4 is 32.8 Å². The lowest BCUT2D eigenvalue weighted by Crippen LogP contribution is -2.01. The van der Waals surface area contributed by atoms with Crippen molar-refractivity contribution < 1.29 is 14.3 Å². The number of rotatable bonds is 6. The third-order valence-corrected chi connectivity index (χ3v) is 2.91. The van der Waals surface area contributed by atoms with Crippen LogP contribution in [0.4, 0.5) is 0 Å². The van der Waals surface area contributed by atoms with Crippen molar-refractivity contribution in [1.82, 2.24) is 0 Å². The second-order valence-corrected chi connectivity index (χ2v) is 4.56. The van der Waals surface area contributed by atoms with E-state index in [1.165, 1.54) is 0 Å². The summed E-state index contributed by atoms with van der Waals surface area (Å²) in [5.74, 6) is 1.29. The molecule has 0 atom stereocenters. The molecular formula is C12H14BrClO3. The van der Waals surface area contributed by atoms with E-state index in [0.29, 0.717) is 24.7 Å². The Hall–Kier alpha value is -0.740. The van der Waals surface area contributed by atoms with Crippen molar-refractivity contribution in [3.8, 4) is 11.5 Å². The highest BCUT2D eigenvalue weighted by Crippen LogP contribution is 2.34. The molecule has 0 aromatic heterocycles. The van der Waals surface area contributed by atoms with Crippen molar-refractivity contribution in [2.24, 2.45) is 0 Å². The second-order valence-electron chi connectivity index (χ2n) is 3.29.